The van der Waals surface area contributed by atoms with Crippen LogP contribution in [0.2, 0.25) is 0 Å². The Morgan fingerprint density at radius 1 is 1.39 bits per heavy atom. The van der Waals surface area contributed by atoms with Gasteiger partial charge in [-0.1, -0.05) is 0 Å². The van der Waals surface area contributed by atoms with Crippen LogP contribution in [0.4, 0.5) is 5.00 Å². The Bertz CT molecular complexity index is 495. The number of piperidine rings is 1. The first-order chi connectivity index (χ1) is 11.2. The van der Waals surface area contributed by atoms with Crippen molar-refractivity contribution in [2.75, 3.05) is 37.6 Å². The van der Waals surface area contributed by atoms with Crippen LogP contribution in [0, 0.1) is 0 Å². The van der Waals surface area contributed by atoms with Crippen LogP contribution >= 0.6 is 11.3 Å². The number of carbonyl (C=O) groups excluding carboxylic acids is 1. The van der Waals surface area contributed by atoms with E-state index in [0.717, 1.165) is 38.4 Å². The van der Waals surface area contributed by atoms with Gasteiger partial charge in [0.15, 0.2) is 5.96 Å². The number of hydrogen-bond acceptors (Lipinski definition) is 4. The first-order valence-electron chi connectivity index (χ1n) is 8.26. The lowest BCUT2D eigenvalue weighted by Crippen LogP contribution is -2.48. The van der Waals surface area contributed by atoms with Crippen molar-refractivity contribution in [2.45, 2.75) is 32.7 Å². The van der Waals surface area contributed by atoms with Gasteiger partial charge in [-0.2, -0.15) is 0 Å². The summed E-state index contributed by atoms with van der Waals surface area (Å²) < 4.78 is 0. The van der Waals surface area contributed by atoms with Gasteiger partial charge in [-0.15, -0.1) is 11.3 Å². The topological polar surface area (TPSA) is 68.8 Å². The smallest absolute Gasteiger partial charge is 0.216 e. The lowest BCUT2D eigenvalue weighted by molar-refractivity contribution is -0.118. The molecule has 1 aliphatic rings. The number of nitrogens with one attached hydrogen (secondary N) is 3. The van der Waals surface area contributed by atoms with Gasteiger partial charge >= 0.3 is 0 Å². The van der Waals surface area contributed by atoms with E-state index >= 15 is 0 Å². The molecule has 7 heteroatoms. The SMILES string of the molecule is CCNC(=NCCNC(C)=O)NC1CCN(c2cccs2)CC1. The fourth-order valence-electron chi connectivity index (χ4n) is 2.61. The fraction of sp³-hybridized carbons (Fsp3) is 0.625. The van der Waals surface area contributed by atoms with Gasteiger partial charge in [-0.25, -0.2) is 0 Å². The van der Waals surface area contributed by atoms with E-state index in [1.165, 1.54) is 11.9 Å². The average Bonchev–Trinajstić information content (AvgIpc) is 3.06. The van der Waals surface area contributed by atoms with Crippen molar-refractivity contribution in [1.29, 1.82) is 0 Å². The van der Waals surface area contributed by atoms with E-state index in [0.29, 0.717) is 19.1 Å². The number of carbonyl (C=O) groups is 1. The second kappa shape index (κ2) is 9.39. The Hall–Kier alpha value is -1.76. The Balaban J connectivity index is 1.77. The Morgan fingerprint density at radius 2 is 2.17 bits per heavy atom. The molecule has 128 valence electrons. The molecule has 0 atom stereocenters. The van der Waals surface area contributed by atoms with Gasteiger partial charge in [0.1, 0.15) is 0 Å². The minimum Gasteiger partial charge on any atom is -0.363 e. The quantitative estimate of drug-likeness (QED) is 0.417. The monoisotopic (exact) mass is 337 g/mol. The summed E-state index contributed by atoms with van der Waals surface area (Å²) in [7, 11) is 0. The summed E-state index contributed by atoms with van der Waals surface area (Å²) in [6, 6.07) is 4.74. The van der Waals surface area contributed by atoms with Gasteiger partial charge < -0.3 is 20.9 Å². The highest BCUT2D eigenvalue weighted by Gasteiger charge is 2.20. The van der Waals surface area contributed by atoms with Gasteiger partial charge in [0.25, 0.3) is 0 Å². The van der Waals surface area contributed by atoms with Crippen LogP contribution in [0.25, 0.3) is 0 Å². The van der Waals surface area contributed by atoms with Crippen molar-refractivity contribution in [3.05, 3.63) is 17.5 Å². The van der Waals surface area contributed by atoms with Crippen LogP contribution in [0.3, 0.4) is 0 Å². The molecule has 2 rings (SSSR count). The summed E-state index contributed by atoms with van der Waals surface area (Å²) in [5.74, 6) is 0.825. The molecule has 1 aliphatic heterocycles. The molecular weight excluding hydrogens is 310 g/mol. The van der Waals surface area contributed by atoms with E-state index in [2.05, 4.69) is 50.3 Å². The summed E-state index contributed by atoms with van der Waals surface area (Å²) in [6.45, 7) is 7.72. The number of aliphatic imine (C=N–C) groups is 1. The van der Waals surface area contributed by atoms with Gasteiger partial charge in [0.05, 0.1) is 11.5 Å². The highest BCUT2D eigenvalue weighted by molar-refractivity contribution is 7.14. The molecule has 1 saturated heterocycles. The van der Waals surface area contributed by atoms with E-state index in [-0.39, 0.29) is 5.91 Å². The molecule has 0 unspecified atom stereocenters. The van der Waals surface area contributed by atoms with Crippen molar-refractivity contribution >= 4 is 28.2 Å². The van der Waals surface area contributed by atoms with Gasteiger partial charge in [0, 0.05) is 39.1 Å². The van der Waals surface area contributed by atoms with E-state index < -0.39 is 0 Å². The van der Waals surface area contributed by atoms with Crippen LogP contribution in [0.15, 0.2) is 22.5 Å². The predicted octanol–water partition coefficient (Wildman–Crippen LogP) is 1.41. The molecule has 0 bridgehead atoms. The highest BCUT2D eigenvalue weighted by atomic mass is 32.1. The number of guanidine groups is 1. The van der Waals surface area contributed by atoms with Crippen molar-refractivity contribution in [2.24, 2.45) is 4.99 Å². The zero-order valence-corrected chi connectivity index (χ0v) is 14.8. The number of rotatable bonds is 6. The minimum atomic E-state index is -0.0147. The minimum absolute atomic E-state index is 0.0147. The van der Waals surface area contributed by atoms with Crippen LogP contribution in [0.5, 0.6) is 0 Å². The third-order valence-electron chi connectivity index (χ3n) is 3.75. The molecule has 2 heterocycles. The Kier molecular flexibility index (Phi) is 7.19. The highest BCUT2D eigenvalue weighted by Crippen LogP contribution is 2.24. The molecule has 23 heavy (non-hydrogen) atoms. The molecule has 0 saturated carbocycles. The number of nitrogens with zero attached hydrogens (tertiary/aromatic N) is 2. The number of thiophene rings is 1. The number of amides is 1. The third kappa shape index (κ3) is 6.09. The number of anilines is 1. The van der Waals surface area contributed by atoms with Crippen molar-refractivity contribution < 1.29 is 4.79 Å². The molecule has 0 aliphatic carbocycles. The van der Waals surface area contributed by atoms with Crippen LogP contribution in [-0.4, -0.2) is 50.6 Å². The first-order valence-corrected chi connectivity index (χ1v) is 9.14. The zero-order valence-electron chi connectivity index (χ0n) is 14.0. The van der Waals surface area contributed by atoms with Crippen LogP contribution < -0.4 is 20.9 Å². The van der Waals surface area contributed by atoms with Crippen molar-refractivity contribution in [3.8, 4) is 0 Å². The van der Waals surface area contributed by atoms with Crippen molar-refractivity contribution in [3.63, 3.8) is 0 Å². The van der Waals surface area contributed by atoms with Crippen LogP contribution in [-0.2, 0) is 4.79 Å². The maximum absolute atomic E-state index is 10.9. The van der Waals surface area contributed by atoms with E-state index in [1.807, 2.05) is 0 Å². The van der Waals surface area contributed by atoms with Gasteiger partial charge in [-0.05, 0) is 37.3 Å². The average molecular weight is 337 g/mol. The van der Waals surface area contributed by atoms with E-state index in [1.54, 1.807) is 11.3 Å². The van der Waals surface area contributed by atoms with Crippen molar-refractivity contribution in [1.82, 2.24) is 16.0 Å². The molecule has 0 radical (unpaired) electrons. The van der Waals surface area contributed by atoms with E-state index in [4.69, 9.17) is 0 Å². The summed E-state index contributed by atoms with van der Waals surface area (Å²) in [5, 5.41) is 13.0. The standard InChI is InChI=1S/C16H27N5OS/c1-3-17-16(19-9-8-18-13(2)22)20-14-6-10-21(11-7-14)15-5-4-12-23-15/h4-5,12,14H,3,6-11H2,1-2H3,(H,18,22)(H2,17,19,20). The lowest BCUT2D eigenvalue weighted by atomic mass is 10.1. The molecule has 1 fully saturated rings. The molecule has 1 aromatic heterocycles. The van der Waals surface area contributed by atoms with Gasteiger partial charge in [-0.3, -0.25) is 9.79 Å². The van der Waals surface area contributed by atoms with E-state index in [9.17, 15) is 4.79 Å². The molecular formula is C16H27N5OS. The Labute approximate surface area is 142 Å². The largest absolute Gasteiger partial charge is 0.363 e. The molecule has 1 amide bonds. The molecule has 0 aromatic carbocycles. The molecule has 1 aromatic rings. The first kappa shape index (κ1) is 17.6. The predicted molar refractivity (Wildman–Crippen MR) is 97.4 cm³/mol. The fourth-order valence-corrected chi connectivity index (χ4v) is 3.39. The molecule has 6 nitrogen and oxygen atoms in total. The summed E-state index contributed by atoms with van der Waals surface area (Å²) in [6.07, 6.45) is 2.21. The number of hydrogen-bond donors (Lipinski definition) is 3. The second-order valence-electron chi connectivity index (χ2n) is 5.60. The summed E-state index contributed by atoms with van der Waals surface area (Å²) in [5.41, 5.74) is 0. The molecule has 0 spiro atoms. The second-order valence-corrected chi connectivity index (χ2v) is 6.53. The maximum Gasteiger partial charge on any atom is 0.216 e. The third-order valence-corrected chi connectivity index (χ3v) is 4.68. The normalized spacial score (nSPS) is 16.3. The lowest BCUT2D eigenvalue weighted by Gasteiger charge is -2.33. The summed E-state index contributed by atoms with van der Waals surface area (Å²) >= 11 is 1.80. The zero-order chi connectivity index (χ0) is 16.5. The summed E-state index contributed by atoms with van der Waals surface area (Å²) in [4.78, 5) is 17.8. The molecule has 3 N–H and O–H groups in total. The Morgan fingerprint density at radius 3 is 2.78 bits per heavy atom. The van der Waals surface area contributed by atoms with Crippen LogP contribution in [0.1, 0.15) is 26.7 Å². The maximum atomic E-state index is 10.9. The van der Waals surface area contributed by atoms with Gasteiger partial charge in [0.2, 0.25) is 5.91 Å².